The molecule has 0 atom stereocenters. The fourth-order valence-corrected chi connectivity index (χ4v) is 2.41. The molecule has 0 unspecified atom stereocenters. The molecule has 100 valence electrons. The maximum atomic E-state index is 4.58. The lowest BCUT2D eigenvalue weighted by molar-refractivity contribution is 0.578. The molecule has 1 heterocycles. The standard InChI is InChI=1S/C14H24N4/c1-10(2)14-17-12(15-3)8-13(18-14)16-9-11-6-4-5-7-11/h8,10-11H,4-7,9H2,1-3H3,(H2,15,16,17,18). The van der Waals surface area contributed by atoms with E-state index in [1.165, 1.54) is 25.7 Å². The molecule has 1 aliphatic rings. The topological polar surface area (TPSA) is 49.8 Å². The van der Waals surface area contributed by atoms with Crippen LogP contribution in [-0.2, 0) is 0 Å². The summed E-state index contributed by atoms with van der Waals surface area (Å²) < 4.78 is 0. The van der Waals surface area contributed by atoms with Gasteiger partial charge in [0.1, 0.15) is 17.5 Å². The number of hydrogen-bond donors (Lipinski definition) is 2. The van der Waals surface area contributed by atoms with Gasteiger partial charge in [-0.25, -0.2) is 9.97 Å². The second-order valence-electron chi connectivity index (χ2n) is 5.43. The van der Waals surface area contributed by atoms with Crippen LogP contribution in [0, 0.1) is 5.92 Å². The third-order valence-electron chi connectivity index (χ3n) is 3.56. The van der Waals surface area contributed by atoms with E-state index in [1.807, 2.05) is 13.1 Å². The van der Waals surface area contributed by atoms with Gasteiger partial charge in [0.15, 0.2) is 0 Å². The molecule has 18 heavy (non-hydrogen) atoms. The number of rotatable bonds is 5. The Morgan fingerprint density at radius 2 is 1.89 bits per heavy atom. The molecule has 0 bridgehead atoms. The summed E-state index contributed by atoms with van der Waals surface area (Å²) in [7, 11) is 1.90. The third kappa shape index (κ3) is 3.34. The monoisotopic (exact) mass is 248 g/mol. The van der Waals surface area contributed by atoms with Gasteiger partial charge in [-0.05, 0) is 18.8 Å². The Labute approximate surface area is 110 Å². The summed E-state index contributed by atoms with van der Waals surface area (Å²) in [6, 6.07) is 1.99. The van der Waals surface area contributed by atoms with Gasteiger partial charge in [-0.2, -0.15) is 0 Å². The van der Waals surface area contributed by atoms with Gasteiger partial charge in [0, 0.05) is 25.6 Å². The van der Waals surface area contributed by atoms with Crippen LogP contribution in [0.1, 0.15) is 51.3 Å². The van der Waals surface area contributed by atoms with Gasteiger partial charge in [0.2, 0.25) is 0 Å². The summed E-state index contributed by atoms with van der Waals surface area (Å²) in [5, 5.41) is 6.56. The highest BCUT2D eigenvalue weighted by Gasteiger charge is 2.15. The van der Waals surface area contributed by atoms with Gasteiger partial charge in [-0.15, -0.1) is 0 Å². The van der Waals surface area contributed by atoms with Crippen LogP contribution < -0.4 is 10.6 Å². The molecule has 0 aromatic carbocycles. The second kappa shape index (κ2) is 6.03. The summed E-state index contributed by atoms with van der Waals surface area (Å²) in [6.45, 7) is 5.28. The van der Waals surface area contributed by atoms with Crippen LogP contribution in [0.4, 0.5) is 11.6 Å². The van der Waals surface area contributed by atoms with E-state index in [1.54, 1.807) is 0 Å². The highest BCUT2D eigenvalue weighted by atomic mass is 15.1. The van der Waals surface area contributed by atoms with Gasteiger partial charge in [-0.1, -0.05) is 26.7 Å². The minimum atomic E-state index is 0.352. The molecule has 1 saturated carbocycles. The first-order chi connectivity index (χ1) is 8.69. The van der Waals surface area contributed by atoms with Crippen molar-refractivity contribution in [1.29, 1.82) is 0 Å². The van der Waals surface area contributed by atoms with Gasteiger partial charge in [0.25, 0.3) is 0 Å². The Hall–Kier alpha value is -1.32. The third-order valence-corrected chi connectivity index (χ3v) is 3.56. The maximum Gasteiger partial charge on any atom is 0.135 e. The SMILES string of the molecule is CNc1cc(NCC2CCCC2)nc(C(C)C)n1. The van der Waals surface area contributed by atoms with Crippen LogP contribution in [0.25, 0.3) is 0 Å². The highest BCUT2D eigenvalue weighted by Crippen LogP contribution is 2.25. The molecule has 1 aliphatic carbocycles. The van der Waals surface area contributed by atoms with Crippen molar-refractivity contribution in [2.75, 3.05) is 24.2 Å². The predicted molar refractivity (Wildman–Crippen MR) is 76.1 cm³/mol. The highest BCUT2D eigenvalue weighted by molar-refractivity contribution is 5.47. The summed E-state index contributed by atoms with van der Waals surface area (Å²) in [5.74, 6) is 3.91. The lowest BCUT2D eigenvalue weighted by atomic mass is 10.1. The molecular formula is C14H24N4. The van der Waals surface area contributed by atoms with Crippen LogP contribution in [0.3, 0.4) is 0 Å². The Bertz CT molecular complexity index is 383. The van der Waals surface area contributed by atoms with Crippen molar-refractivity contribution in [2.45, 2.75) is 45.4 Å². The lowest BCUT2D eigenvalue weighted by Gasteiger charge is -2.14. The molecule has 2 N–H and O–H groups in total. The first-order valence-corrected chi connectivity index (χ1v) is 6.99. The Kier molecular flexibility index (Phi) is 4.39. The molecular weight excluding hydrogens is 224 g/mol. The summed E-state index contributed by atoms with van der Waals surface area (Å²) in [4.78, 5) is 9.05. The van der Waals surface area contributed by atoms with Gasteiger partial charge < -0.3 is 10.6 Å². The van der Waals surface area contributed by atoms with Crippen LogP contribution in [-0.4, -0.2) is 23.6 Å². The predicted octanol–water partition coefficient (Wildman–Crippen LogP) is 3.24. The minimum absolute atomic E-state index is 0.352. The molecule has 4 heteroatoms. The van der Waals surface area contributed by atoms with Crippen molar-refractivity contribution in [2.24, 2.45) is 5.92 Å². The molecule has 0 saturated heterocycles. The van der Waals surface area contributed by atoms with Crippen molar-refractivity contribution in [3.05, 3.63) is 11.9 Å². The number of hydrogen-bond acceptors (Lipinski definition) is 4. The van der Waals surface area contributed by atoms with E-state index >= 15 is 0 Å². The van der Waals surface area contributed by atoms with Crippen LogP contribution in [0.2, 0.25) is 0 Å². The molecule has 0 radical (unpaired) electrons. The first-order valence-electron chi connectivity index (χ1n) is 6.99. The van der Waals surface area contributed by atoms with E-state index in [0.717, 1.165) is 29.9 Å². The smallest absolute Gasteiger partial charge is 0.135 e. The average molecular weight is 248 g/mol. The summed E-state index contributed by atoms with van der Waals surface area (Å²) in [5.41, 5.74) is 0. The van der Waals surface area contributed by atoms with Crippen LogP contribution in [0.5, 0.6) is 0 Å². The van der Waals surface area contributed by atoms with Gasteiger partial charge in [0.05, 0.1) is 0 Å². The lowest BCUT2D eigenvalue weighted by Crippen LogP contribution is -2.13. The fourth-order valence-electron chi connectivity index (χ4n) is 2.41. The van der Waals surface area contributed by atoms with Crippen molar-refractivity contribution in [3.63, 3.8) is 0 Å². The minimum Gasteiger partial charge on any atom is -0.373 e. The zero-order valence-corrected chi connectivity index (χ0v) is 11.7. The molecule has 1 aromatic rings. The summed E-state index contributed by atoms with van der Waals surface area (Å²) in [6.07, 6.45) is 5.48. The largest absolute Gasteiger partial charge is 0.373 e. The molecule has 4 nitrogen and oxygen atoms in total. The van der Waals surface area contributed by atoms with Crippen molar-refractivity contribution in [1.82, 2.24) is 9.97 Å². The van der Waals surface area contributed by atoms with E-state index in [9.17, 15) is 0 Å². The molecule has 1 aromatic heterocycles. The zero-order valence-electron chi connectivity index (χ0n) is 11.7. The van der Waals surface area contributed by atoms with Crippen molar-refractivity contribution in [3.8, 4) is 0 Å². The normalized spacial score (nSPS) is 16.2. The first kappa shape index (κ1) is 13.1. The second-order valence-corrected chi connectivity index (χ2v) is 5.43. The van der Waals surface area contributed by atoms with Gasteiger partial charge in [-0.3, -0.25) is 0 Å². The zero-order chi connectivity index (χ0) is 13.0. The van der Waals surface area contributed by atoms with E-state index in [0.29, 0.717) is 5.92 Å². The van der Waals surface area contributed by atoms with E-state index < -0.39 is 0 Å². The van der Waals surface area contributed by atoms with Crippen LogP contribution >= 0.6 is 0 Å². The van der Waals surface area contributed by atoms with E-state index in [2.05, 4.69) is 34.4 Å². The Morgan fingerprint density at radius 1 is 1.22 bits per heavy atom. The van der Waals surface area contributed by atoms with Crippen molar-refractivity contribution >= 4 is 11.6 Å². The van der Waals surface area contributed by atoms with E-state index in [4.69, 9.17) is 0 Å². The number of nitrogens with one attached hydrogen (secondary N) is 2. The molecule has 2 rings (SSSR count). The van der Waals surface area contributed by atoms with Crippen LogP contribution in [0.15, 0.2) is 6.07 Å². The number of aromatic nitrogens is 2. The quantitative estimate of drug-likeness (QED) is 0.840. The van der Waals surface area contributed by atoms with Gasteiger partial charge >= 0.3 is 0 Å². The summed E-state index contributed by atoms with van der Waals surface area (Å²) >= 11 is 0. The Morgan fingerprint density at radius 3 is 2.50 bits per heavy atom. The molecule has 0 amide bonds. The molecule has 0 spiro atoms. The number of nitrogens with zero attached hydrogens (tertiary/aromatic N) is 2. The Balaban J connectivity index is 2.03. The average Bonchev–Trinajstić information content (AvgIpc) is 2.89. The maximum absolute atomic E-state index is 4.58. The molecule has 1 fully saturated rings. The fraction of sp³-hybridized carbons (Fsp3) is 0.714. The van der Waals surface area contributed by atoms with E-state index in [-0.39, 0.29) is 0 Å². The van der Waals surface area contributed by atoms with Crippen molar-refractivity contribution < 1.29 is 0 Å². The molecule has 0 aliphatic heterocycles. The number of anilines is 2.